The number of β-amino-alcohol motifs (C(OH)–C–C–N with tert-alkyl or cyclic N) is 1. The molecule has 3 heterocycles. The molecule has 94 valence electrons. The largest absolute Gasteiger partial charge is 0.391 e. The van der Waals surface area contributed by atoms with Crippen LogP contribution in [-0.4, -0.2) is 39.7 Å². The predicted octanol–water partition coefficient (Wildman–Crippen LogP) is 1.75. The van der Waals surface area contributed by atoms with E-state index in [0.717, 1.165) is 10.6 Å². The number of aliphatic hydroxyl groups excluding tert-OH is 1. The van der Waals surface area contributed by atoms with Crippen molar-refractivity contribution in [1.82, 2.24) is 9.47 Å². The van der Waals surface area contributed by atoms with Crippen LogP contribution in [0.5, 0.6) is 0 Å². The van der Waals surface area contributed by atoms with E-state index < -0.39 is 0 Å². The Labute approximate surface area is 109 Å². The third-order valence-corrected chi connectivity index (χ3v) is 4.06. The molecule has 0 spiro atoms. The fourth-order valence-corrected chi connectivity index (χ4v) is 3.09. The van der Waals surface area contributed by atoms with Gasteiger partial charge in [-0.1, -0.05) is 0 Å². The molecule has 2 aromatic heterocycles. The summed E-state index contributed by atoms with van der Waals surface area (Å²) in [4.78, 5) is 14.8. The third-order valence-electron chi connectivity index (χ3n) is 3.17. The van der Waals surface area contributed by atoms with E-state index in [4.69, 9.17) is 0 Å². The van der Waals surface area contributed by atoms with Gasteiger partial charge in [-0.2, -0.15) is 0 Å². The quantitative estimate of drug-likeness (QED) is 0.896. The second kappa shape index (κ2) is 4.59. The second-order valence-electron chi connectivity index (χ2n) is 4.42. The first-order valence-electron chi connectivity index (χ1n) is 5.94. The number of nitrogens with zero attached hydrogens (tertiary/aromatic N) is 2. The van der Waals surface area contributed by atoms with Gasteiger partial charge in [0.05, 0.1) is 11.8 Å². The number of hydrogen-bond acceptors (Lipinski definition) is 3. The molecule has 1 saturated heterocycles. The van der Waals surface area contributed by atoms with Crippen molar-refractivity contribution in [2.24, 2.45) is 0 Å². The van der Waals surface area contributed by atoms with Gasteiger partial charge in [-0.25, -0.2) is 0 Å². The number of carbonyl (C=O) groups is 1. The van der Waals surface area contributed by atoms with E-state index in [-0.39, 0.29) is 12.0 Å². The number of amides is 1. The van der Waals surface area contributed by atoms with Crippen LogP contribution in [0.4, 0.5) is 0 Å². The van der Waals surface area contributed by atoms with Gasteiger partial charge in [0.1, 0.15) is 4.88 Å². The van der Waals surface area contributed by atoms with E-state index in [9.17, 15) is 9.90 Å². The highest BCUT2D eigenvalue weighted by Crippen LogP contribution is 2.24. The lowest BCUT2D eigenvalue weighted by Gasteiger charge is -2.15. The molecule has 0 aromatic carbocycles. The van der Waals surface area contributed by atoms with E-state index in [0.29, 0.717) is 19.5 Å². The van der Waals surface area contributed by atoms with E-state index in [1.54, 1.807) is 4.90 Å². The summed E-state index contributed by atoms with van der Waals surface area (Å²) in [6, 6.07) is 5.82. The van der Waals surface area contributed by atoms with Crippen LogP contribution in [0.15, 0.2) is 36.0 Å². The zero-order valence-electron chi connectivity index (χ0n) is 9.82. The summed E-state index contributed by atoms with van der Waals surface area (Å²) >= 11 is 1.45. The molecule has 1 amide bonds. The van der Waals surface area contributed by atoms with Crippen LogP contribution in [0.1, 0.15) is 16.1 Å². The average Bonchev–Trinajstić information content (AvgIpc) is 3.08. The molecular formula is C13H14N2O2S. The molecule has 0 unspecified atom stereocenters. The number of rotatable bonds is 2. The van der Waals surface area contributed by atoms with Gasteiger partial charge >= 0.3 is 0 Å². The van der Waals surface area contributed by atoms with Crippen molar-refractivity contribution in [2.75, 3.05) is 13.1 Å². The number of aromatic nitrogens is 1. The number of hydrogen-bond donors (Lipinski definition) is 1. The Hall–Kier alpha value is -1.59. The second-order valence-corrected chi connectivity index (χ2v) is 5.34. The van der Waals surface area contributed by atoms with Gasteiger partial charge in [0.25, 0.3) is 5.91 Å². The number of thiophene rings is 1. The molecule has 1 atom stereocenters. The molecule has 1 N–H and O–H groups in total. The van der Waals surface area contributed by atoms with E-state index in [2.05, 4.69) is 0 Å². The van der Waals surface area contributed by atoms with Crippen LogP contribution in [0.2, 0.25) is 0 Å². The molecule has 0 saturated carbocycles. The van der Waals surface area contributed by atoms with Gasteiger partial charge in [0.15, 0.2) is 0 Å². The highest BCUT2D eigenvalue weighted by molar-refractivity contribution is 7.12. The number of likely N-dealkylation sites (tertiary alicyclic amines) is 1. The molecule has 0 aliphatic carbocycles. The summed E-state index contributed by atoms with van der Waals surface area (Å²) < 4.78 is 1.94. The molecule has 5 heteroatoms. The summed E-state index contributed by atoms with van der Waals surface area (Å²) in [5, 5.41) is 11.4. The van der Waals surface area contributed by atoms with Crippen molar-refractivity contribution in [3.63, 3.8) is 0 Å². The molecule has 18 heavy (non-hydrogen) atoms. The molecule has 1 fully saturated rings. The van der Waals surface area contributed by atoms with Crippen LogP contribution in [0.25, 0.3) is 5.69 Å². The van der Waals surface area contributed by atoms with Crippen molar-refractivity contribution in [3.8, 4) is 5.69 Å². The average molecular weight is 262 g/mol. The van der Waals surface area contributed by atoms with E-state index in [1.807, 2.05) is 40.5 Å². The zero-order chi connectivity index (χ0) is 12.5. The third kappa shape index (κ3) is 1.95. The van der Waals surface area contributed by atoms with Gasteiger partial charge in [0, 0.05) is 25.5 Å². The van der Waals surface area contributed by atoms with Gasteiger partial charge in [-0.3, -0.25) is 4.79 Å². The number of carbonyl (C=O) groups excluding carboxylic acids is 1. The summed E-state index contributed by atoms with van der Waals surface area (Å²) in [5.74, 6) is 0.0188. The highest BCUT2D eigenvalue weighted by atomic mass is 32.1. The smallest absolute Gasteiger partial charge is 0.266 e. The lowest BCUT2D eigenvalue weighted by Crippen LogP contribution is -2.29. The number of aliphatic hydroxyl groups is 1. The topological polar surface area (TPSA) is 45.5 Å². The minimum atomic E-state index is -0.371. The van der Waals surface area contributed by atoms with E-state index >= 15 is 0 Å². The Balaban J connectivity index is 1.89. The Kier molecular flexibility index (Phi) is 2.93. The Morgan fingerprint density at radius 2 is 2.17 bits per heavy atom. The molecule has 4 nitrogen and oxygen atoms in total. The molecule has 2 aromatic rings. The first-order chi connectivity index (χ1) is 8.75. The predicted molar refractivity (Wildman–Crippen MR) is 70.2 cm³/mol. The lowest BCUT2D eigenvalue weighted by atomic mass is 10.3. The van der Waals surface area contributed by atoms with Crippen molar-refractivity contribution in [1.29, 1.82) is 0 Å². The minimum absolute atomic E-state index is 0.0188. The standard InChI is InChI=1S/C13H14N2O2S/c16-10-3-7-15(9-10)13(17)12-11(4-8-18-12)14-5-1-2-6-14/h1-2,4-6,8,10,16H,3,7,9H2/t10-/m1/s1. The summed E-state index contributed by atoms with van der Waals surface area (Å²) in [7, 11) is 0. The monoisotopic (exact) mass is 262 g/mol. The molecular weight excluding hydrogens is 248 g/mol. The fourth-order valence-electron chi connectivity index (χ4n) is 2.23. The Morgan fingerprint density at radius 1 is 1.39 bits per heavy atom. The van der Waals surface area contributed by atoms with Crippen LogP contribution in [-0.2, 0) is 0 Å². The van der Waals surface area contributed by atoms with Crippen molar-refractivity contribution >= 4 is 17.2 Å². The van der Waals surface area contributed by atoms with Gasteiger partial charge < -0.3 is 14.6 Å². The molecule has 1 aliphatic rings. The van der Waals surface area contributed by atoms with Crippen molar-refractivity contribution in [2.45, 2.75) is 12.5 Å². The summed E-state index contributed by atoms with van der Waals surface area (Å²) in [5.41, 5.74) is 0.913. The maximum Gasteiger partial charge on any atom is 0.266 e. The van der Waals surface area contributed by atoms with Gasteiger partial charge in [-0.05, 0) is 30.0 Å². The summed E-state index contributed by atoms with van der Waals surface area (Å²) in [6.45, 7) is 1.09. The normalized spacial score (nSPS) is 19.4. The molecule has 1 aliphatic heterocycles. The fraction of sp³-hybridized carbons (Fsp3) is 0.308. The van der Waals surface area contributed by atoms with Gasteiger partial charge in [0.2, 0.25) is 0 Å². The maximum absolute atomic E-state index is 12.4. The van der Waals surface area contributed by atoms with Crippen LogP contribution < -0.4 is 0 Å². The van der Waals surface area contributed by atoms with Crippen LogP contribution in [0.3, 0.4) is 0 Å². The Morgan fingerprint density at radius 3 is 2.83 bits per heavy atom. The lowest BCUT2D eigenvalue weighted by molar-refractivity contribution is 0.0769. The van der Waals surface area contributed by atoms with Crippen LogP contribution >= 0.6 is 11.3 Å². The summed E-state index contributed by atoms with van der Waals surface area (Å²) in [6.07, 6.45) is 4.16. The maximum atomic E-state index is 12.4. The molecule has 3 rings (SSSR count). The van der Waals surface area contributed by atoms with Gasteiger partial charge in [-0.15, -0.1) is 11.3 Å². The van der Waals surface area contributed by atoms with Crippen molar-refractivity contribution < 1.29 is 9.90 Å². The zero-order valence-corrected chi connectivity index (χ0v) is 10.6. The minimum Gasteiger partial charge on any atom is -0.391 e. The highest BCUT2D eigenvalue weighted by Gasteiger charge is 2.27. The van der Waals surface area contributed by atoms with E-state index in [1.165, 1.54) is 11.3 Å². The Bertz CT molecular complexity index is 547. The van der Waals surface area contributed by atoms with Crippen molar-refractivity contribution in [3.05, 3.63) is 40.8 Å². The first kappa shape index (κ1) is 11.5. The molecule has 0 radical (unpaired) electrons. The first-order valence-corrected chi connectivity index (χ1v) is 6.82. The van der Waals surface area contributed by atoms with Crippen LogP contribution in [0, 0.1) is 0 Å². The molecule has 0 bridgehead atoms. The SMILES string of the molecule is O=C(c1sccc1-n1cccc1)N1CC[C@@H](O)C1.